The van der Waals surface area contributed by atoms with Gasteiger partial charge in [0.15, 0.2) is 0 Å². The number of hydrogen-bond acceptors (Lipinski definition) is 1. The molecule has 1 aromatic carbocycles. The van der Waals surface area contributed by atoms with Gasteiger partial charge in [0.1, 0.15) is 0 Å². The van der Waals surface area contributed by atoms with Crippen molar-refractivity contribution in [2.75, 3.05) is 11.9 Å². The summed E-state index contributed by atoms with van der Waals surface area (Å²) >= 11 is 0. The van der Waals surface area contributed by atoms with E-state index in [2.05, 4.69) is 62.2 Å². The van der Waals surface area contributed by atoms with Crippen LogP contribution < -0.4 is 4.90 Å². The number of likely N-dealkylation sites (N-methyl/N-ethyl adjacent to an activating group) is 1. The molecule has 3 atom stereocenters. The zero-order chi connectivity index (χ0) is 14.2. The van der Waals surface area contributed by atoms with E-state index < -0.39 is 0 Å². The zero-order valence-electron chi connectivity index (χ0n) is 13.1. The summed E-state index contributed by atoms with van der Waals surface area (Å²) in [6.45, 7) is 4.73. The zero-order valence-corrected chi connectivity index (χ0v) is 13.1. The molecule has 1 heteroatoms. The van der Waals surface area contributed by atoms with E-state index in [1.807, 2.05) is 0 Å². The van der Waals surface area contributed by atoms with Gasteiger partial charge in [-0.25, -0.2) is 0 Å². The number of anilines is 1. The summed E-state index contributed by atoms with van der Waals surface area (Å²) in [5, 5.41) is 0. The minimum atomic E-state index is 0.339. The lowest BCUT2D eigenvalue weighted by Crippen LogP contribution is -2.39. The number of hydrogen-bond donors (Lipinski definition) is 0. The quantitative estimate of drug-likeness (QED) is 0.540. The Bertz CT molecular complexity index is 504. The molecule has 0 spiro atoms. The molecule has 3 rings (SSSR count). The summed E-state index contributed by atoms with van der Waals surface area (Å²) in [6.07, 6.45) is 11.5. The highest BCUT2D eigenvalue weighted by atomic mass is 15.2. The Morgan fingerprint density at radius 2 is 2.15 bits per heavy atom. The SMILES string of the molecule is CCCC/C=C\C1(C)CCC2c3ccccc3N(C)C21. The number of benzene rings is 1. The molecular formula is C19H27N. The Kier molecular flexibility index (Phi) is 3.62. The van der Waals surface area contributed by atoms with Crippen molar-refractivity contribution in [3.05, 3.63) is 42.0 Å². The first kappa shape index (κ1) is 13.7. The molecule has 0 N–H and O–H groups in total. The number of unbranched alkanes of at least 4 members (excludes halogenated alkanes) is 2. The first-order chi connectivity index (χ1) is 9.67. The van der Waals surface area contributed by atoms with Crippen molar-refractivity contribution < 1.29 is 0 Å². The lowest BCUT2D eigenvalue weighted by molar-refractivity contribution is 0.373. The maximum Gasteiger partial charge on any atom is 0.0444 e. The van der Waals surface area contributed by atoms with Crippen LogP contribution in [0.25, 0.3) is 0 Å². The molecule has 1 aromatic rings. The predicted octanol–water partition coefficient (Wildman–Crippen LogP) is 5.14. The minimum absolute atomic E-state index is 0.339. The maximum absolute atomic E-state index is 2.54. The molecule has 0 bridgehead atoms. The van der Waals surface area contributed by atoms with Crippen molar-refractivity contribution in [3.8, 4) is 0 Å². The summed E-state index contributed by atoms with van der Waals surface area (Å²) in [5.41, 5.74) is 3.37. The molecule has 0 saturated heterocycles. The summed E-state index contributed by atoms with van der Waals surface area (Å²) in [5.74, 6) is 0.733. The minimum Gasteiger partial charge on any atom is -0.370 e. The molecule has 3 unspecified atom stereocenters. The Balaban J connectivity index is 1.84. The van der Waals surface area contributed by atoms with Crippen LogP contribution in [0.4, 0.5) is 5.69 Å². The summed E-state index contributed by atoms with van der Waals surface area (Å²) < 4.78 is 0. The molecule has 1 aliphatic carbocycles. The van der Waals surface area contributed by atoms with E-state index >= 15 is 0 Å². The third-order valence-electron chi connectivity index (χ3n) is 5.41. The van der Waals surface area contributed by atoms with Gasteiger partial charge in [-0.2, -0.15) is 0 Å². The van der Waals surface area contributed by atoms with Gasteiger partial charge in [0.05, 0.1) is 0 Å². The highest BCUT2D eigenvalue weighted by molar-refractivity contribution is 5.63. The van der Waals surface area contributed by atoms with E-state index in [9.17, 15) is 0 Å². The van der Waals surface area contributed by atoms with Crippen LogP contribution in [0.15, 0.2) is 36.4 Å². The van der Waals surface area contributed by atoms with E-state index in [4.69, 9.17) is 0 Å². The van der Waals surface area contributed by atoms with Crippen LogP contribution in [0.3, 0.4) is 0 Å². The second-order valence-corrected chi connectivity index (χ2v) is 6.81. The molecule has 0 aromatic heterocycles. The second kappa shape index (κ2) is 5.27. The van der Waals surface area contributed by atoms with Gasteiger partial charge >= 0.3 is 0 Å². The Labute approximate surface area is 123 Å². The molecule has 108 valence electrons. The fourth-order valence-corrected chi connectivity index (χ4v) is 4.40. The smallest absolute Gasteiger partial charge is 0.0444 e. The predicted molar refractivity (Wildman–Crippen MR) is 87.4 cm³/mol. The molecule has 1 saturated carbocycles. The van der Waals surface area contributed by atoms with Gasteiger partial charge < -0.3 is 4.90 Å². The lowest BCUT2D eigenvalue weighted by atomic mass is 9.81. The molecule has 1 aliphatic heterocycles. The lowest BCUT2D eigenvalue weighted by Gasteiger charge is -2.35. The van der Waals surface area contributed by atoms with Crippen LogP contribution in [0.2, 0.25) is 0 Å². The van der Waals surface area contributed by atoms with Gasteiger partial charge in [0.2, 0.25) is 0 Å². The Morgan fingerprint density at radius 1 is 1.35 bits per heavy atom. The van der Waals surface area contributed by atoms with Crippen LogP contribution in [-0.2, 0) is 0 Å². The number of fused-ring (bicyclic) bond motifs is 3. The van der Waals surface area contributed by atoms with E-state index in [1.54, 1.807) is 5.56 Å². The molecular weight excluding hydrogens is 242 g/mol. The average molecular weight is 269 g/mol. The van der Waals surface area contributed by atoms with Crippen molar-refractivity contribution in [1.82, 2.24) is 0 Å². The molecule has 20 heavy (non-hydrogen) atoms. The van der Waals surface area contributed by atoms with Crippen LogP contribution >= 0.6 is 0 Å². The highest BCUT2D eigenvalue weighted by Crippen LogP contribution is 2.56. The van der Waals surface area contributed by atoms with Crippen molar-refractivity contribution in [2.24, 2.45) is 5.41 Å². The molecule has 0 amide bonds. The molecule has 1 nitrogen and oxygen atoms in total. The largest absolute Gasteiger partial charge is 0.370 e. The fourth-order valence-electron chi connectivity index (χ4n) is 4.40. The number of rotatable bonds is 4. The van der Waals surface area contributed by atoms with Gasteiger partial charge in [-0.1, -0.05) is 57.0 Å². The Morgan fingerprint density at radius 3 is 2.95 bits per heavy atom. The van der Waals surface area contributed by atoms with Crippen LogP contribution in [0.5, 0.6) is 0 Å². The first-order valence-corrected chi connectivity index (χ1v) is 8.17. The topological polar surface area (TPSA) is 3.24 Å². The van der Waals surface area contributed by atoms with Crippen LogP contribution in [0.1, 0.15) is 57.4 Å². The van der Waals surface area contributed by atoms with Gasteiger partial charge in [0, 0.05) is 30.1 Å². The molecule has 1 fully saturated rings. The summed E-state index contributed by atoms with van der Waals surface area (Å²) in [4.78, 5) is 2.54. The van der Waals surface area contributed by atoms with Gasteiger partial charge in [0.25, 0.3) is 0 Å². The van der Waals surface area contributed by atoms with E-state index in [0.29, 0.717) is 11.5 Å². The third-order valence-corrected chi connectivity index (χ3v) is 5.41. The van der Waals surface area contributed by atoms with Crippen LogP contribution in [-0.4, -0.2) is 13.1 Å². The fraction of sp³-hybridized carbons (Fsp3) is 0.579. The molecule has 1 heterocycles. The summed E-state index contributed by atoms with van der Waals surface area (Å²) in [6, 6.07) is 9.64. The number of allylic oxidation sites excluding steroid dienone is 1. The van der Waals surface area contributed by atoms with Gasteiger partial charge in [-0.15, -0.1) is 0 Å². The first-order valence-electron chi connectivity index (χ1n) is 8.17. The van der Waals surface area contributed by atoms with Crippen molar-refractivity contribution >= 4 is 5.69 Å². The number of para-hydroxylation sites is 1. The summed E-state index contributed by atoms with van der Waals surface area (Å²) in [7, 11) is 2.28. The van der Waals surface area contributed by atoms with Gasteiger partial charge in [-0.05, 0) is 30.9 Å². The maximum atomic E-state index is 2.54. The monoisotopic (exact) mass is 269 g/mol. The number of nitrogens with zero attached hydrogens (tertiary/aromatic N) is 1. The van der Waals surface area contributed by atoms with Gasteiger partial charge in [-0.3, -0.25) is 0 Å². The van der Waals surface area contributed by atoms with Crippen LogP contribution in [0, 0.1) is 5.41 Å². The van der Waals surface area contributed by atoms with E-state index in [1.165, 1.54) is 37.8 Å². The standard InChI is InChI=1S/C19H27N/c1-4-5-6-9-13-19(2)14-12-16-15-10-7-8-11-17(15)20(3)18(16)19/h7-11,13,16,18H,4-6,12,14H2,1-3H3/b13-9-. The van der Waals surface area contributed by atoms with Crippen molar-refractivity contribution in [2.45, 2.75) is 57.9 Å². The van der Waals surface area contributed by atoms with Crippen molar-refractivity contribution in [3.63, 3.8) is 0 Å². The van der Waals surface area contributed by atoms with E-state index in [-0.39, 0.29) is 0 Å². The highest BCUT2D eigenvalue weighted by Gasteiger charge is 2.50. The van der Waals surface area contributed by atoms with Crippen molar-refractivity contribution in [1.29, 1.82) is 0 Å². The molecule has 2 aliphatic rings. The third kappa shape index (κ3) is 2.08. The average Bonchev–Trinajstić information content (AvgIpc) is 2.95. The second-order valence-electron chi connectivity index (χ2n) is 6.81. The van der Waals surface area contributed by atoms with E-state index in [0.717, 1.165) is 5.92 Å². The molecule has 0 radical (unpaired) electrons. The Hall–Kier alpha value is -1.24. The normalized spacial score (nSPS) is 31.9.